The van der Waals surface area contributed by atoms with Crippen molar-refractivity contribution in [2.24, 2.45) is 0 Å². The lowest BCUT2D eigenvalue weighted by molar-refractivity contribution is -0.115. The molecule has 0 aliphatic heterocycles. The van der Waals surface area contributed by atoms with Crippen LogP contribution in [0.15, 0.2) is 47.6 Å². The average molecular weight is 435 g/mol. The summed E-state index contributed by atoms with van der Waals surface area (Å²) in [5.41, 5.74) is 6.34. The van der Waals surface area contributed by atoms with E-state index in [0.717, 1.165) is 27.8 Å². The van der Waals surface area contributed by atoms with Crippen LogP contribution in [0.2, 0.25) is 0 Å². The van der Waals surface area contributed by atoms with Crippen molar-refractivity contribution in [3.05, 3.63) is 59.2 Å². The number of rotatable bonds is 7. The Kier molecular flexibility index (Phi) is 6.13. The van der Waals surface area contributed by atoms with Gasteiger partial charge in [0, 0.05) is 23.2 Å². The van der Waals surface area contributed by atoms with Crippen molar-refractivity contribution in [1.82, 2.24) is 14.6 Å². The molecular weight excluding hydrogens is 408 g/mol. The maximum absolute atomic E-state index is 12.4. The Hall–Kier alpha value is -3.06. The first-order valence-electron chi connectivity index (χ1n) is 10.4. The van der Waals surface area contributed by atoms with Crippen molar-refractivity contribution in [3.8, 4) is 5.75 Å². The van der Waals surface area contributed by atoms with Crippen LogP contribution in [-0.4, -0.2) is 32.9 Å². The maximum atomic E-state index is 12.4. The van der Waals surface area contributed by atoms with E-state index in [-0.39, 0.29) is 5.91 Å². The minimum Gasteiger partial charge on any atom is -0.494 e. The van der Waals surface area contributed by atoms with Crippen molar-refractivity contribution in [2.45, 2.75) is 39.3 Å². The van der Waals surface area contributed by atoms with E-state index in [9.17, 15) is 4.79 Å². The minimum absolute atomic E-state index is 0.0296. The third kappa shape index (κ3) is 4.51. The van der Waals surface area contributed by atoms with Crippen LogP contribution in [0.25, 0.3) is 16.6 Å². The fourth-order valence-electron chi connectivity index (χ4n) is 3.77. The molecule has 0 saturated heterocycles. The summed E-state index contributed by atoms with van der Waals surface area (Å²) in [7, 11) is 0. The molecule has 4 rings (SSSR count). The van der Waals surface area contributed by atoms with E-state index in [1.807, 2.05) is 31.2 Å². The number of ether oxygens (including phenoxy) is 1. The molecule has 0 bridgehead atoms. The number of aromatic nitrogens is 3. The van der Waals surface area contributed by atoms with Crippen molar-refractivity contribution < 1.29 is 9.53 Å². The first-order chi connectivity index (χ1) is 15.0. The van der Waals surface area contributed by atoms with Gasteiger partial charge in [0.1, 0.15) is 5.75 Å². The van der Waals surface area contributed by atoms with Crippen LogP contribution in [-0.2, 0) is 4.79 Å². The van der Waals surface area contributed by atoms with Gasteiger partial charge in [0.15, 0.2) is 10.8 Å². The van der Waals surface area contributed by atoms with E-state index in [1.54, 1.807) is 11.8 Å². The molecule has 0 radical (unpaired) electrons. The highest BCUT2D eigenvalue weighted by Crippen LogP contribution is 2.29. The molecule has 31 heavy (non-hydrogen) atoms. The topological polar surface area (TPSA) is 68.5 Å². The van der Waals surface area contributed by atoms with Gasteiger partial charge in [-0.3, -0.25) is 9.20 Å². The molecule has 1 amide bonds. The number of hydrogen-bond donors (Lipinski definition) is 1. The predicted octanol–water partition coefficient (Wildman–Crippen LogP) is 5.33. The number of aryl methyl sites for hydroxylation is 3. The second-order valence-electron chi connectivity index (χ2n) is 7.59. The number of hydrogen-bond acceptors (Lipinski definition) is 5. The van der Waals surface area contributed by atoms with Gasteiger partial charge >= 0.3 is 0 Å². The molecule has 0 atom stereocenters. The molecule has 0 saturated carbocycles. The Morgan fingerprint density at radius 3 is 2.58 bits per heavy atom. The number of nitrogens with zero attached hydrogens (tertiary/aromatic N) is 3. The largest absolute Gasteiger partial charge is 0.494 e. The Labute approximate surface area is 186 Å². The number of carbonyl (C=O) groups is 1. The van der Waals surface area contributed by atoms with Crippen LogP contribution in [0.5, 0.6) is 5.75 Å². The van der Waals surface area contributed by atoms with E-state index in [1.165, 1.54) is 22.1 Å². The number of amides is 1. The summed E-state index contributed by atoms with van der Waals surface area (Å²) >= 11 is 1.55. The maximum Gasteiger partial charge on any atom is 0.225 e. The van der Waals surface area contributed by atoms with Gasteiger partial charge in [-0.1, -0.05) is 23.4 Å². The average Bonchev–Trinajstić information content (AvgIpc) is 3.12. The molecule has 2 heterocycles. The fourth-order valence-corrected chi connectivity index (χ4v) is 4.65. The molecule has 0 aliphatic carbocycles. The van der Waals surface area contributed by atoms with Crippen molar-refractivity contribution in [1.29, 1.82) is 0 Å². The van der Waals surface area contributed by atoms with Gasteiger partial charge in [-0.15, -0.1) is 10.2 Å². The van der Waals surface area contributed by atoms with Gasteiger partial charge in [-0.25, -0.2) is 0 Å². The van der Waals surface area contributed by atoms with Gasteiger partial charge in [0.2, 0.25) is 5.91 Å². The van der Waals surface area contributed by atoms with Gasteiger partial charge in [-0.05, 0) is 75.2 Å². The van der Waals surface area contributed by atoms with Crippen molar-refractivity contribution in [2.75, 3.05) is 17.7 Å². The molecule has 0 fully saturated rings. The van der Waals surface area contributed by atoms with Gasteiger partial charge in [0.25, 0.3) is 0 Å². The van der Waals surface area contributed by atoms with Crippen molar-refractivity contribution >= 4 is 39.9 Å². The highest BCUT2D eigenvalue weighted by molar-refractivity contribution is 7.99. The first-order valence-corrected chi connectivity index (χ1v) is 11.4. The molecule has 7 heteroatoms. The van der Waals surface area contributed by atoms with Gasteiger partial charge < -0.3 is 10.1 Å². The normalized spacial score (nSPS) is 11.2. The Balaban J connectivity index is 1.47. The minimum atomic E-state index is -0.0296. The van der Waals surface area contributed by atoms with E-state index < -0.39 is 0 Å². The lowest BCUT2D eigenvalue weighted by Crippen LogP contribution is -2.12. The number of fused-ring (bicyclic) bond motifs is 3. The van der Waals surface area contributed by atoms with E-state index in [2.05, 4.69) is 58.9 Å². The zero-order valence-electron chi connectivity index (χ0n) is 18.2. The first kappa shape index (κ1) is 21.2. The van der Waals surface area contributed by atoms with E-state index in [0.29, 0.717) is 18.8 Å². The summed E-state index contributed by atoms with van der Waals surface area (Å²) in [4.78, 5) is 12.4. The summed E-state index contributed by atoms with van der Waals surface area (Å²) in [6, 6.07) is 13.9. The Morgan fingerprint density at radius 1 is 1.06 bits per heavy atom. The van der Waals surface area contributed by atoms with Crippen LogP contribution in [0.4, 0.5) is 5.69 Å². The molecule has 4 aromatic rings. The molecule has 0 spiro atoms. The van der Waals surface area contributed by atoms with Crippen LogP contribution in [0, 0.1) is 20.8 Å². The highest BCUT2D eigenvalue weighted by atomic mass is 32.2. The van der Waals surface area contributed by atoms with Crippen LogP contribution in [0.3, 0.4) is 0 Å². The van der Waals surface area contributed by atoms with E-state index >= 15 is 0 Å². The standard InChI is InChI=1S/C24H26N4O2S/c1-5-30-19-8-6-18(7-9-19)25-22(29)10-11-31-24-27-26-21-14-16(3)20-13-15(2)12-17(4)23(20)28(21)24/h6-9,12-14H,5,10-11H2,1-4H3,(H,25,29). The number of nitrogens with one attached hydrogen (secondary N) is 1. The summed E-state index contributed by atoms with van der Waals surface area (Å²) in [6.45, 7) is 8.90. The quantitative estimate of drug-likeness (QED) is 0.398. The number of carbonyl (C=O) groups excluding carboxylic acids is 1. The third-order valence-corrected chi connectivity index (χ3v) is 6.04. The number of pyridine rings is 1. The van der Waals surface area contributed by atoms with E-state index in [4.69, 9.17) is 4.74 Å². The smallest absolute Gasteiger partial charge is 0.225 e. The number of thioether (sulfide) groups is 1. The molecule has 0 aliphatic rings. The predicted molar refractivity (Wildman–Crippen MR) is 126 cm³/mol. The second-order valence-corrected chi connectivity index (χ2v) is 8.65. The third-order valence-electron chi connectivity index (χ3n) is 5.11. The lowest BCUT2D eigenvalue weighted by atomic mass is 10.0. The number of anilines is 1. The molecule has 2 aromatic carbocycles. The molecule has 160 valence electrons. The SMILES string of the molecule is CCOc1ccc(NC(=O)CCSc2nnc3cc(C)c4cc(C)cc(C)c4n23)cc1. The lowest BCUT2D eigenvalue weighted by Gasteiger charge is -2.11. The summed E-state index contributed by atoms with van der Waals surface area (Å²) in [6.07, 6.45) is 0.384. The van der Waals surface area contributed by atoms with Crippen molar-refractivity contribution in [3.63, 3.8) is 0 Å². The molecule has 0 unspecified atom stereocenters. The number of benzene rings is 2. The molecular formula is C24H26N4O2S. The summed E-state index contributed by atoms with van der Waals surface area (Å²) in [5, 5.41) is 13.7. The van der Waals surface area contributed by atoms with Gasteiger partial charge in [0.05, 0.1) is 12.1 Å². The fraction of sp³-hybridized carbons (Fsp3) is 0.292. The Morgan fingerprint density at radius 2 is 1.84 bits per heavy atom. The zero-order chi connectivity index (χ0) is 22.0. The summed E-state index contributed by atoms with van der Waals surface area (Å²) < 4.78 is 7.53. The highest BCUT2D eigenvalue weighted by Gasteiger charge is 2.14. The Bertz CT molecular complexity index is 1250. The zero-order valence-corrected chi connectivity index (χ0v) is 19.0. The monoisotopic (exact) mass is 434 g/mol. The van der Waals surface area contributed by atoms with Crippen LogP contribution in [0.1, 0.15) is 30.0 Å². The molecule has 1 N–H and O–H groups in total. The molecule has 2 aromatic heterocycles. The molecule has 6 nitrogen and oxygen atoms in total. The van der Waals surface area contributed by atoms with Crippen LogP contribution >= 0.6 is 11.8 Å². The van der Waals surface area contributed by atoms with Crippen LogP contribution < -0.4 is 10.1 Å². The second kappa shape index (κ2) is 8.98. The van der Waals surface area contributed by atoms with Gasteiger partial charge in [-0.2, -0.15) is 0 Å². The summed E-state index contributed by atoms with van der Waals surface area (Å²) in [5.74, 6) is 1.38.